The van der Waals surface area contributed by atoms with E-state index in [1.54, 1.807) is 7.11 Å². The number of carbonyl (C=O) groups is 1. The minimum Gasteiger partial charge on any atom is -0.497 e. The summed E-state index contributed by atoms with van der Waals surface area (Å²) >= 11 is 3.17. The van der Waals surface area contributed by atoms with Gasteiger partial charge in [-0.05, 0) is 23.3 Å². The lowest BCUT2D eigenvalue weighted by atomic mass is 10.0. The maximum absolute atomic E-state index is 11.5. The van der Waals surface area contributed by atoms with E-state index in [-0.39, 0.29) is 5.78 Å². The third-order valence-electron chi connectivity index (χ3n) is 2.75. The number of halogens is 1. The molecular weight excluding hydrogens is 292 g/mol. The zero-order valence-corrected chi connectivity index (χ0v) is 11.6. The number of hydrogen-bond acceptors (Lipinski definition) is 2. The van der Waals surface area contributed by atoms with Gasteiger partial charge in [0.15, 0.2) is 5.78 Å². The fraction of sp³-hybridized carbons (Fsp3) is 0.133. The summed E-state index contributed by atoms with van der Waals surface area (Å²) in [6.07, 6.45) is 0. The van der Waals surface area contributed by atoms with Gasteiger partial charge in [-0.1, -0.05) is 52.3 Å². The first-order valence-electron chi connectivity index (χ1n) is 5.58. The van der Waals surface area contributed by atoms with Crippen LogP contribution < -0.4 is 4.74 Å². The number of Topliss-reactive ketones (excluding diaryl/α,β-unsaturated/α-hetero) is 1. The number of alkyl halides is 1. The molecule has 0 radical (unpaired) electrons. The summed E-state index contributed by atoms with van der Waals surface area (Å²) in [5.74, 6) is 0.932. The second kappa shape index (κ2) is 5.83. The highest BCUT2D eigenvalue weighted by molar-refractivity contribution is 9.09. The molecule has 0 unspecified atom stereocenters. The largest absolute Gasteiger partial charge is 0.497 e. The van der Waals surface area contributed by atoms with Crippen molar-refractivity contribution in [2.75, 3.05) is 12.4 Å². The third kappa shape index (κ3) is 2.79. The lowest BCUT2D eigenvalue weighted by Crippen LogP contribution is -1.98. The molecule has 2 rings (SSSR count). The van der Waals surface area contributed by atoms with Gasteiger partial charge in [0.1, 0.15) is 5.75 Å². The summed E-state index contributed by atoms with van der Waals surface area (Å²) in [4.78, 5) is 11.5. The SMILES string of the molecule is COc1ccc(-c2ccc(C(=O)CBr)cc2)cc1. The molecule has 0 spiro atoms. The minimum atomic E-state index is 0.0938. The van der Waals surface area contributed by atoms with Gasteiger partial charge >= 0.3 is 0 Å². The van der Waals surface area contributed by atoms with Crippen LogP contribution >= 0.6 is 15.9 Å². The fourth-order valence-corrected chi connectivity index (χ4v) is 2.03. The molecule has 0 saturated carbocycles. The van der Waals surface area contributed by atoms with Crippen LogP contribution in [-0.4, -0.2) is 18.2 Å². The van der Waals surface area contributed by atoms with Crippen LogP contribution in [0.25, 0.3) is 11.1 Å². The topological polar surface area (TPSA) is 26.3 Å². The van der Waals surface area contributed by atoms with E-state index in [1.807, 2.05) is 48.5 Å². The zero-order valence-electron chi connectivity index (χ0n) is 10.0. The van der Waals surface area contributed by atoms with Crippen molar-refractivity contribution in [3.63, 3.8) is 0 Å². The van der Waals surface area contributed by atoms with Crippen molar-refractivity contribution in [2.45, 2.75) is 0 Å². The van der Waals surface area contributed by atoms with Crippen LogP contribution in [-0.2, 0) is 0 Å². The Hall–Kier alpha value is -1.61. The first-order valence-corrected chi connectivity index (χ1v) is 6.70. The molecule has 0 heterocycles. The summed E-state index contributed by atoms with van der Waals surface area (Å²) < 4.78 is 5.12. The zero-order chi connectivity index (χ0) is 13.0. The predicted octanol–water partition coefficient (Wildman–Crippen LogP) is 3.94. The number of hydrogen-bond donors (Lipinski definition) is 0. The van der Waals surface area contributed by atoms with Crippen LogP contribution in [0.3, 0.4) is 0 Å². The molecule has 2 aromatic rings. The molecule has 0 aliphatic rings. The van der Waals surface area contributed by atoms with Gasteiger partial charge in [0, 0.05) is 5.56 Å². The van der Waals surface area contributed by atoms with Gasteiger partial charge < -0.3 is 4.74 Å². The smallest absolute Gasteiger partial charge is 0.173 e. The number of ketones is 1. The van der Waals surface area contributed by atoms with Crippen molar-refractivity contribution in [3.8, 4) is 16.9 Å². The molecule has 2 nitrogen and oxygen atoms in total. The van der Waals surface area contributed by atoms with E-state index in [9.17, 15) is 4.79 Å². The number of carbonyl (C=O) groups excluding carboxylic acids is 1. The van der Waals surface area contributed by atoms with Crippen LogP contribution in [0.1, 0.15) is 10.4 Å². The molecule has 0 atom stereocenters. The quantitative estimate of drug-likeness (QED) is 0.632. The molecule has 0 aliphatic heterocycles. The van der Waals surface area contributed by atoms with Gasteiger partial charge in [-0.15, -0.1) is 0 Å². The molecule has 0 bridgehead atoms. The maximum Gasteiger partial charge on any atom is 0.173 e. The average Bonchev–Trinajstić information content (AvgIpc) is 2.47. The summed E-state index contributed by atoms with van der Waals surface area (Å²) in [5, 5.41) is 0.356. The molecule has 0 fully saturated rings. The highest BCUT2D eigenvalue weighted by Crippen LogP contribution is 2.22. The molecule has 3 heteroatoms. The Morgan fingerprint density at radius 2 is 1.50 bits per heavy atom. The van der Waals surface area contributed by atoms with E-state index < -0.39 is 0 Å². The Labute approximate surface area is 115 Å². The number of methoxy groups -OCH3 is 1. The van der Waals surface area contributed by atoms with E-state index in [0.29, 0.717) is 5.33 Å². The number of benzene rings is 2. The Bertz CT molecular complexity index is 529. The Kier molecular flexibility index (Phi) is 4.15. The van der Waals surface area contributed by atoms with E-state index in [2.05, 4.69) is 15.9 Å². The van der Waals surface area contributed by atoms with Crippen LogP contribution in [0.2, 0.25) is 0 Å². The van der Waals surface area contributed by atoms with Gasteiger partial charge in [-0.3, -0.25) is 4.79 Å². The Balaban J connectivity index is 2.25. The van der Waals surface area contributed by atoms with Gasteiger partial charge in [0.2, 0.25) is 0 Å². The molecule has 18 heavy (non-hydrogen) atoms. The van der Waals surface area contributed by atoms with Crippen molar-refractivity contribution in [2.24, 2.45) is 0 Å². The van der Waals surface area contributed by atoms with Crippen LogP contribution in [0.15, 0.2) is 48.5 Å². The normalized spacial score (nSPS) is 10.1. The van der Waals surface area contributed by atoms with Crippen molar-refractivity contribution in [3.05, 3.63) is 54.1 Å². The van der Waals surface area contributed by atoms with E-state index in [4.69, 9.17) is 4.74 Å². The van der Waals surface area contributed by atoms with Crippen LogP contribution in [0.5, 0.6) is 5.75 Å². The predicted molar refractivity (Wildman–Crippen MR) is 76.6 cm³/mol. The van der Waals surface area contributed by atoms with Crippen molar-refractivity contribution in [1.29, 1.82) is 0 Å². The molecule has 0 aromatic heterocycles. The van der Waals surface area contributed by atoms with Crippen molar-refractivity contribution in [1.82, 2.24) is 0 Å². The third-order valence-corrected chi connectivity index (χ3v) is 3.26. The Morgan fingerprint density at radius 3 is 1.94 bits per heavy atom. The average molecular weight is 305 g/mol. The Morgan fingerprint density at radius 1 is 1.00 bits per heavy atom. The molecule has 0 amide bonds. The van der Waals surface area contributed by atoms with Crippen LogP contribution in [0.4, 0.5) is 0 Å². The molecule has 0 aliphatic carbocycles. The highest BCUT2D eigenvalue weighted by atomic mass is 79.9. The second-order valence-corrected chi connectivity index (χ2v) is 4.42. The maximum atomic E-state index is 11.5. The van der Waals surface area contributed by atoms with Crippen molar-refractivity contribution >= 4 is 21.7 Å². The van der Waals surface area contributed by atoms with Gasteiger partial charge in [-0.2, -0.15) is 0 Å². The fourth-order valence-electron chi connectivity index (χ4n) is 1.71. The molecule has 0 N–H and O–H groups in total. The number of ether oxygens (including phenoxy) is 1. The lowest BCUT2D eigenvalue weighted by molar-refractivity contribution is 0.102. The first-order chi connectivity index (χ1) is 8.74. The van der Waals surface area contributed by atoms with Gasteiger partial charge in [-0.25, -0.2) is 0 Å². The van der Waals surface area contributed by atoms with Gasteiger partial charge in [0.05, 0.1) is 12.4 Å². The summed E-state index contributed by atoms with van der Waals surface area (Å²) in [5.41, 5.74) is 2.92. The first kappa shape index (κ1) is 12.8. The van der Waals surface area contributed by atoms with E-state index in [1.165, 1.54) is 0 Å². The molecule has 0 saturated heterocycles. The van der Waals surface area contributed by atoms with Crippen LogP contribution in [0, 0.1) is 0 Å². The molecule has 2 aromatic carbocycles. The van der Waals surface area contributed by atoms with E-state index >= 15 is 0 Å². The second-order valence-electron chi connectivity index (χ2n) is 3.86. The monoisotopic (exact) mass is 304 g/mol. The minimum absolute atomic E-state index is 0.0938. The standard InChI is InChI=1S/C15H13BrO2/c1-18-14-8-6-12(7-9-14)11-2-4-13(5-3-11)15(17)10-16/h2-9H,10H2,1H3. The van der Waals surface area contributed by atoms with E-state index in [0.717, 1.165) is 22.4 Å². The highest BCUT2D eigenvalue weighted by Gasteiger charge is 2.04. The lowest BCUT2D eigenvalue weighted by Gasteiger charge is -2.04. The van der Waals surface area contributed by atoms with Gasteiger partial charge in [0.25, 0.3) is 0 Å². The summed E-state index contributed by atoms with van der Waals surface area (Å²) in [6, 6.07) is 15.5. The summed E-state index contributed by atoms with van der Waals surface area (Å²) in [7, 11) is 1.65. The van der Waals surface area contributed by atoms with Crippen molar-refractivity contribution < 1.29 is 9.53 Å². The number of rotatable bonds is 4. The molecule has 92 valence electrons. The molecular formula is C15H13BrO2. The summed E-state index contributed by atoms with van der Waals surface area (Å²) in [6.45, 7) is 0.